The molecule has 2 aliphatic rings. The zero-order chi connectivity index (χ0) is 13.6. The summed E-state index contributed by atoms with van der Waals surface area (Å²) >= 11 is 1.72. The van der Waals surface area contributed by atoms with Gasteiger partial charge in [0.05, 0.1) is 6.04 Å². The number of aryl methyl sites for hydroxylation is 1. The maximum Gasteiger partial charge on any atom is 0.233 e. The van der Waals surface area contributed by atoms with Crippen LogP contribution in [0, 0.1) is 23.0 Å². The molecule has 1 saturated heterocycles. The predicted octanol–water partition coefficient (Wildman–Crippen LogP) is 2.39. The third-order valence-electron chi connectivity index (χ3n) is 3.97. The van der Waals surface area contributed by atoms with E-state index < -0.39 is 6.04 Å². The molecular weight excluding hydrogens is 264 g/mol. The van der Waals surface area contributed by atoms with E-state index in [1.165, 1.54) is 9.75 Å². The number of rotatable bonds is 3. The van der Waals surface area contributed by atoms with Crippen molar-refractivity contribution in [1.29, 1.82) is 0 Å². The van der Waals surface area contributed by atoms with Gasteiger partial charge in [0, 0.05) is 27.6 Å². The Labute approximate surface area is 115 Å². The summed E-state index contributed by atoms with van der Waals surface area (Å²) in [4.78, 5) is 27.0. The van der Waals surface area contributed by atoms with Crippen molar-refractivity contribution < 1.29 is 9.72 Å². The highest BCUT2D eigenvalue weighted by Crippen LogP contribution is 2.41. The first-order valence-corrected chi connectivity index (χ1v) is 7.40. The van der Waals surface area contributed by atoms with E-state index in [1.54, 1.807) is 11.3 Å². The molecule has 1 saturated carbocycles. The van der Waals surface area contributed by atoms with Crippen LogP contribution in [-0.2, 0) is 4.79 Å². The number of nitrogens with zero attached hydrogens (tertiary/aromatic N) is 2. The third-order valence-corrected chi connectivity index (χ3v) is 5.07. The Kier molecular flexibility index (Phi) is 3.05. The van der Waals surface area contributed by atoms with Crippen molar-refractivity contribution in [2.45, 2.75) is 38.3 Å². The van der Waals surface area contributed by atoms with E-state index in [4.69, 9.17) is 0 Å². The van der Waals surface area contributed by atoms with Gasteiger partial charge in [-0.05, 0) is 31.9 Å². The topological polar surface area (TPSA) is 63.5 Å². The highest BCUT2D eigenvalue weighted by Gasteiger charge is 2.55. The second-order valence-corrected chi connectivity index (χ2v) is 6.65. The summed E-state index contributed by atoms with van der Waals surface area (Å²) in [6, 6.07) is 3.64. The van der Waals surface area contributed by atoms with Gasteiger partial charge in [-0.1, -0.05) is 0 Å². The minimum Gasteiger partial charge on any atom is -0.334 e. The molecule has 1 aromatic rings. The summed E-state index contributed by atoms with van der Waals surface area (Å²) in [6.45, 7) is 2.79. The van der Waals surface area contributed by atoms with Gasteiger partial charge in [0.2, 0.25) is 11.9 Å². The molecule has 19 heavy (non-hydrogen) atoms. The van der Waals surface area contributed by atoms with Crippen LogP contribution in [0.25, 0.3) is 0 Å². The van der Waals surface area contributed by atoms with Crippen molar-refractivity contribution in [2.75, 3.05) is 6.54 Å². The molecule has 1 aliphatic heterocycles. The van der Waals surface area contributed by atoms with Crippen LogP contribution in [0.3, 0.4) is 0 Å². The van der Waals surface area contributed by atoms with E-state index in [9.17, 15) is 14.9 Å². The lowest BCUT2D eigenvalue weighted by molar-refractivity contribution is -0.497. The molecule has 0 N–H and O–H groups in total. The largest absolute Gasteiger partial charge is 0.334 e. The van der Waals surface area contributed by atoms with Crippen LogP contribution in [0.1, 0.15) is 35.1 Å². The van der Waals surface area contributed by atoms with Crippen molar-refractivity contribution in [2.24, 2.45) is 5.92 Å². The Morgan fingerprint density at radius 2 is 2.32 bits per heavy atom. The van der Waals surface area contributed by atoms with Crippen LogP contribution in [0.15, 0.2) is 12.1 Å². The maximum atomic E-state index is 12.3. The number of nitro groups is 1. The molecule has 2 fully saturated rings. The van der Waals surface area contributed by atoms with Gasteiger partial charge >= 0.3 is 0 Å². The first-order chi connectivity index (χ1) is 9.08. The van der Waals surface area contributed by atoms with Gasteiger partial charge in [0.15, 0.2) is 0 Å². The SMILES string of the molecule is Cc1ccc(C2CCCN2C(=O)C2CC2[N+](=O)[O-])s1. The number of thiophene rings is 1. The van der Waals surface area contributed by atoms with Crippen molar-refractivity contribution in [3.8, 4) is 0 Å². The summed E-state index contributed by atoms with van der Waals surface area (Å²) in [5, 5.41) is 10.7. The first kappa shape index (κ1) is 12.6. The molecule has 3 rings (SSSR count). The average Bonchev–Trinajstić information content (AvgIpc) is 2.82. The van der Waals surface area contributed by atoms with Crippen molar-refractivity contribution in [3.05, 3.63) is 32.0 Å². The summed E-state index contributed by atoms with van der Waals surface area (Å²) in [7, 11) is 0. The zero-order valence-corrected chi connectivity index (χ0v) is 11.6. The van der Waals surface area contributed by atoms with Crippen molar-refractivity contribution in [1.82, 2.24) is 4.90 Å². The maximum absolute atomic E-state index is 12.3. The molecular formula is C13H16N2O3S. The summed E-state index contributed by atoms with van der Waals surface area (Å²) in [5.74, 6) is -0.396. The minimum atomic E-state index is -0.640. The van der Waals surface area contributed by atoms with E-state index in [0.29, 0.717) is 6.42 Å². The Bertz CT molecular complexity index is 528. The molecule has 0 spiro atoms. The van der Waals surface area contributed by atoms with Crippen LogP contribution in [0.4, 0.5) is 0 Å². The van der Waals surface area contributed by atoms with Crippen LogP contribution in [0.5, 0.6) is 0 Å². The number of carbonyl (C=O) groups excluding carboxylic acids is 1. The highest BCUT2D eigenvalue weighted by atomic mass is 32.1. The molecule has 0 radical (unpaired) electrons. The van der Waals surface area contributed by atoms with E-state index in [2.05, 4.69) is 19.1 Å². The highest BCUT2D eigenvalue weighted by molar-refractivity contribution is 7.12. The van der Waals surface area contributed by atoms with Crippen molar-refractivity contribution in [3.63, 3.8) is 0 Å². The summed E-state index contributed by atoms with van der Waals surface area (Å²) in [6.07, 6.45) is 2.38. The lowest BCUT2D eigenvalue weighted by atomic mass is 10.2. The molecule has 3 unspecified atom stereocenters. The monoisotopic (exact) mass is 280 g/mol. The van der Waals surface area contributed by atoms with Crippen LogP contribution in [-0.4, -0.2) is 28.3 Å². The molecule has 3 atom stereocenters. The van der Waals surface area contributed by atoms with Gasteiger partial charge in [-0.15, -0.1) is 11.3 Å². The lowest BCUT2D eigenvalue weighted by Gasteiger charge is -2.23. The molecule has 102 valence electrons. The molecule has 1 aliphatic carbocycles. The second kappa shape index (κ2) is 4.59. The molecule has 2 heterocycles. The molecule has 1 amide bonds. The van der Waals surface area contributed by atoms with Gasteiger partial charge < -0.3 is 4.90 Å². The Balaban J connectivity index is 1.73. The van der Waals surface area contributed by atoms with Crippen molar-refractivity contribution >= 4 is 17.2 Å². The van der Waals surface area contributed by atoms with Gasteiger partial charge in [-0.2, -0.15) is 0 Å². The predicted molar refractivity (Wildman–Crippen MR) is 71.6 cm³/mol. The fourth-order valence-electron chi connectivity index (χ4n) is 2.85. The normalized spacial score (nSPS) is 29.5. The average molecular weight is 280 g/mol. The van der Waals surface area contributed by atoms with Crippen LogP contribution in [0.2, 0.25) is 0 Å². The van der Waals surface area contributed by atoms with E-state index in [0.717, 1.165) is 19.4 Å². The molecule has 5 nitrogen and oxygen atoms in total. The Morgan fingerprint density at radius 3 is 2.89 bits per heavy atom. The number of hydrogen-bond donors (Lipinski definition) is 0. The quantitative estimate of drug-likeness (QED) is 0.631. The fourth-order valence-corrected chi connectivity index (χ4v) is 3.88. The third kappa shape index (κ3) is 2.25. The molecule has 0 aromatic carbocycles. The number of amides is 1. The Hall–Kier alpha value is -1.43. The second-order valence-electron chi connectivity index (χ2n) is 5.33. The van der Waals surface area contributed by atoms with Crippen LogP contribution < -0.4 is 0 Å². The van der Waals surface area contributed by atoms with E-state index in [-0.39, 0.29) is 22.8 Å². The molecule has 6 heteroatoms. The minimum absolute atomic E-state index is 0.0183. The molecule has 0 bridgehead atoms. The standard InChI is InChI=1S/C13H16N2O3S/c1-8-4-5-12(19-8)10-3-2-6-14(10)13(16)9-7-11(9)15(17)18/h4-5,9-11H,2-3,6-7H2,1H3. The fraction of sp³-hybridized carbons (Fsp3) is 0.615. The van der Waals surface area contributed by atoms with Gasteiger partial charge in [0.25, 0.3) is 0 Å². The van der Waals surface area contributed by atoms with E-state index in [1.807, 2.05) is 4.90 Å². The smallest absolute Gasteiger partial charge is 0.233 e. The van der Waals surface area contributed by atoms with Gasteiger partial charge in [-0.3, -0.25) is 14.9 Å². The first-order valence-electron chi connectivity index (χ1n) is 6.58. The van der Waals surface area contributed by atoms with Gasteiger partial charge in [-0.25, -0.2) is 0 Å². The Morgan fingerprint density at radius 1 is 1.53 bits per heavy atom. The molecule has 1 aromatic heterocycles. The number of carbonyl (C=O) groups is 1. The number of likely N-dealkylation sites (tertiary alicyclic amines) is 1. The number of hydrogen-bond acceptors (Lipinski definition) is 4. The summed E-state index contributed by atoms with van der Waals surface area (Å²) in [5.41, 5.74) is 0. The zero-order valence-electron chi connectivity index (χ0n) is 10.7. The lowest BCUT2D eigenvalue weighted by Crippen LogP contribution is -2.32. The van der Waals surface area contributed by atoms with Gasteiger partial charge in [0.1, 0.15) is 5.92 Å². The van der Waals surface area contributed by atoms with Crippen LogP contribution >= 0.6 is 11.3 Å². The van der Waals surface area contributed by atoms with E-state index >= 15 is 0 Å². The summed E-state index contributed by atoms with van der Waals surface area (Å²) < 4.78 is 0.